The zero-order valence-electron chi connectivity index (χ0n) is 18.7. The van der Waals surface area contributed by atoms with Gasteiger partial charge in [-0.05, 0) is 17.2 Å². The second-order valence-corrected chi connectivity index (χ2v) is 8.49. The zero-order valence-corrected chi connectivity index (χ0v) is 18.7. The first kappa shape index (κ1) is 22.5. The van der Waals surface area contributed by atoms with E-state index in [9.17, 15) is 4.39 Å². The lowest BCUT2D eigenvalue weighted by Gasteiger charge is -2.31. The van der Waals surface area contributed by atoms with Gasteiger partial charge in [0.05, 0.1) is 31.3 Å². The molecule has 1 fully saturated rings. The fraction of sp³-hybridized carbons (Fsp3) is 0.308. The van der Waals surface area contributed by atoms with E-state index in [4.69, 9.17) is 19.9 Å². The van der Waals surface area contributed by atoms with Gasteiger partial charge >= 0.3 is 0 Å². The van der Waals surface area contributed by atoms with Crippen LogP contribution in [0.1, 0.15) is 23.8 Å². The largest absolute Gasteiger partial charge is 0.383 e. The molecule has 0 aliphatic carbocycles. The Balaban J connectivity index is 1.38. The van der Waals surface area contributed by atoms with Crippen molar-refractivity contribution in [2.24, 2.45) is 0 Å². The lowest BCUT2D eigenvalue weighted by atomic mass is 9.99. The SMILES string of the molecule is Nc1ncnc2c1ccn2[C@H]1C[C@H](OCc2ccccc2)[C@@](CF)(COCc2ccccc2)O1. The van der Waals surface area contributed by atoms with Crippen molar-refractivity contribution in [3.8, 4) is 0 Å². The topological polar surface area (TPSA) is 84.4 Å². The summed E-state index contributed by atoms with van der Waals surface area (Å²) in [4.78, 5) is 8.41. The first-order valence-electron chi connectivity index (χ1n) is 11.3. The monoisotopic (exact) mass is 462 g/mol. The molecule has 0 bridgehead atoms. The fourth-order valence-electron chi connectivity index (χ4n) is 4.38. The van der Waals surface area contributed by atoms with Crippen LogP contribution >= 0.6 is 0 Å². The molecule has 1 saturated heterocycles. The normalized spacial score (nSPS) is 22.4. The fourth-order valence-corrected chi connectivity index (χ4v) is 4.38. The summed E-state index contributed by atoms with van der Waals surface area (Å²) in [5, 5.41) is 0.728. The van der Waals surface area contributed by atoms with E-state index in [2.05, 4.69) is 9.97 Å². The summed E-state index contributed by atoms with van der Waals surface area (Å²) in [5.74, 6) is 0.390. The number of halogens is 1. The van der Waals surface area contributed by atoms with E-state index in [1.807, 2.05) is 77.5 Å². The maximum absolute atomic E-state index is 14.7. The molecule has 0 radical (unpaired) electrons. The van der Waals surface area contributed by atoms with Crippen LogP contribution in [0, 0.1) is 0 Å². The van der Waals surface area contributed by atoms with Crippen molar-refractivity contribution in [1.82, 2.24) is 14.5 Å². The van der Waals surface area contributed by atoms with Gasteiger partial charge in [0, 0.05) is 12.6 Å². The molecule has 4 aromatic rings. The number of fused-ring (bicyclic) bond motifs is 1. The Morgan fingerprint density at radius 2 is 1.71 bits per heavy atom. The van der Waals surface area contributed by atoms with Crippen LogP contribution in [0.25, 0.3) is 11.0 Å². The van der Waals surface area contributed by atoms with Crippen LogP contribution in [-0.2, 0) is 27.4 Å². The smallest absolute Gasteiger partial charge is 0.148 e. The molecule has 0 spiro atoms. The van der Waals surface area contributed by atoms with E-state index in [0.29, 0.717) is 31.1 Å². The molecule has 34 heavy (non-hydrogen) atoms. The van der Waals surface area contributed by atoms with Crippen molar-refractivity contribution in [3.05, 3.63) is 90.4 Å². The Labute approximate surface area is 197 Å². The molecule has 1 aliphatic rings. The van der Waals surface area contributed by atoms with Gasteiger partial charge in [0.1, 0.15) is 36.3 Å². The molecule has 0 saturated carbocycles. The van der Waals surface area contributed by atoms with Gasteiger partial charge in [0.2, 0.25) is 0 Å². The molecular weight excluding hydrogens is 435 g/mol. The Hall–Kier alpha value is -3.33. The summed E-state index contributed by atoms with van der Waals surface area (Å²) in [6.07, 6.45) is 2.70. The van der Waals surface area contributed by atoms with Crippen LogP contribution in [0.3, 0.4) is 0 Å². The number of nitrogen functional groups attached to an aromatic ring is 1. The van der Waals surface area contributed by atoms with E-state index in [1.54, 1.807) is 0 Å². The third-order valence-corrected chi connectivity index (χ3v) is 6.20. The number of anilines is 1. The van der Waals surface area contributed by atoms with E-state index < -0.39 is 24.6 Å². The highest BCUT2D eigenvalue weighted by Gasteiger charge is 2.51. The predicted octanol–water partition coefficient (Wildman–Crippen LogP) is 4.44. The van der Waals surface area contributed by atoms with E-state index >= 15 is 0 Å². The average molecular weight is 463 g/mol. The molecule has 3 atom stereocenters. The predicted molar refractivity (Wildman–Crippen MR) is 127 cm³/mol. The molecule has 0 unspecified atom stereocenters. The summed E-state index contributed by atoms with van der Waals surface area (Å²) < 4.78 is 35.1. The van der Waals surface area contributed by atoms with Crippen molar-refractivity contribution in [2.75, 3.05) is 19.0 Å². The molecule has 5 rings (SSSR count). The van der Waals surface area contributed by atoms with Gasteiger partial charge in [-0.1, -0.05) is 60.7 Å². The number of aromatic nitrogens is 3. The second-order valence-electron chi connectivity index (χ2n) is 8.49. The Kier molecular flexibility index (Phi) is 6.53. The van der Waals surface area contributed by atoms with Crippen molar-refractivity contribution in [3.63, 3.8) is 0 Å². The average Bonchev–Trinajstić information content (AvgIpc) is 3.47. The quantitative estimate of drug-likeness (QED) is 0.396. The third-order valence-electron chi connectivity index (χ3n) is 6.20. The van der Waals surface area contributed by atoms with E-state index in [-0.39, 0.29) is 6.61 Å². The van der Waals surface area contributed by atoms with Crippen LogP contribution in [-0.4, -0.2) is 39.5 Å². The Bertz CT molecular complexity index is 1220. The molecule has 0 amide bonds. The van der Waals surface area contributed by atoms with Gasteiger partial charge in [-0.3, -0.25) is 0 Å². The summed E-state index contributed by atoms with van der Waals surface area (Å²) in [6.45, 7) is 0.0283. The summed E-state index contributed by atoms with van der Waals surface area (Å²) in [6, 6.07) is 21.4. The van der Waals surface area contributed by atoms with Crippen molar-refractivity contribution >= 4 is 16.9 Å². The highest BCUT2D eigenvalue weighted by atomic mass is 19.1. The highest BCUT2D eigenvalue weighted by molar-refractivity contribution is 5.86. The van der Waals surface area contributed by atoms with Gasteiger partial charge in [0.25, 0.3) is 0 Å². The number of hydrogen-bond donors (Lipinski definition) is 1. The van der Waals surface area contributed by atoms with Crippen LogP contribution < -0.4 is 5.73 Å². The molecular formula is C26H27FN4O3. The van der Waals surface area contributed by atoms with Crippen molar-refractivity contribution in [1.29, 1.82) is 0 Å². The van der Waals surface area contributed by atoms with Gasteiger partial charge in [-0.15, -0.1) is 0 Å². The Morgan fingerprint density at radius 3 is 2.41 bits per heavy atom. The summed E-state index contributed by atoms with van der Waals surface area (Å²) in [7, 11) is 0. The first-order chi connectivity index (χ1) is 16.7. The minimum Gasteiger partial charge on any atom is -0.383 e. The summed E-state index contributed by atoms with van der Waals surface area (Å²) >= 11 is 0. The van der Waals surface area contributed by atoms with Gasteiger partial charge in [-0.25, -0.2) is 14.4 Å². The summed E-state index contributed by atoms with van der Waals surface area (Å²) in [5.41, 5.74) is 7.41. The molecule has 2 aromatic heterocycles. The number of rotatable bonds is 9. The van der Waals surface area contributed by atoms with Crippen LogP contribution in [0.5, 0.6) is 0 Å². The molecule has 2 aromatic carbocycles. The zero-order chi connectivity index (χ0) is 23.4. The third kappa shape index (κ3) is 4.52. The lowest BCUT2D eigenvalue weighted by Crippen LogP contribution is -2.47. The highest BCUT2D eigenvalue weighted by Crippen LogP contribution is 2.41. The molecule has 176 valence electrons. The Morgan fingerprint density at radius 1 is 1.00 bits per heavy atom. The molecule has 2 N–H and O–H groups in total. The molecule has 8 heteroatoms. The second kappa shape index (κ2) is 9.89. The maximum atomic E-state index is 14.7. The van der Waals surface area contributed by atoms with Crippen LogP contribution in [0.4, 0.5) is 10.2 Å². The standard InChI is InChI=1S/C26H27FN4O3/c27-16-26(17-32-14-19-7-3-1-4-8-19)22(33-15-20-9-5-2-6-10-20)13-23(34-26)31-12-11-21-24(28)29-18-30-25(21)31/h1-12,18,22-23H,13-17H2,(H2,28,29,30)/t22-,23+,26+/m0/s1. The first-order valence-corrected chi connectivity index (χ1v) is 11.3. The number of benzene rings is 2. The van der Waals surface area contributed by atoms with E-state index in [1.165, 1.54) is 6.33 Å². The molecule has 7 nitrogen and oxygen atoms in total. The minimum absolute atomic E-state index is 0.0602. The number of nitrogens with two attached hydrogens (primary N) is 1. The molecule has 3 heterocycles. The number of nitrogens with zero attached hydrogens (tertiary/aromatic N) is 3. The van der Waals surface area contributed by atoms with Crippen LogP contribution in [0.15, 0.2) is 79.3 Å². The lowest BCUT2D eigenvalue weighted by molar-refractivity contribution is -0.163. The number of ether oxygens (including phenoxy) is 3. The van der Waals surface area contributed by atoms with E-state index in [0.717, 1.165) is 16.5 Å². The maximum Gasteiger partial charge on any atom is 0.148 e. The minimum atomic E-state index is -1.25. The molecule has 1 aliphatic heterocycles. The van der Waals surface area contributed by atoms with Gasteiger partial charge in [0.15, 0.2) is 0 Å². The van der Waals surface area contributed by atoms with Gasteiger partial charge in [-0.2, -0.15) is 0 Å². The van der Waals surface area contributed by atoms with Gasteiger partial charge < -0.3 is 24.5 Å². The number of alkyl halides is 1. The van der Waals surface area contributed by atoms with Crippen molar-refractivity contribution < 1.29 is 18.6 Å². The number of hydrogen-bond acceptors (Lipinski definition) is 6. The van der Waals surface area contributed by atoms with Crippen LogP contribution in [0.2, 0.25) is 0 Å². The van der Waals surface area contributed by atoms with Crippen molar-refractivity contribution in [2.45, 2.75) is 37.6 Å².